The SMILES string of the molecule is CN1CCC(C(=O)c2cccc(NC(=O)c3ccc(F)cc3)c2)CC12OC(=O)C(=O)O2. The van der Waals surface area contributed by atoms with E-state index in [2.05, 4.69) is 5.32 Å². The van der Waals surface area contributed by atoms with Crippen LogP contribution in [0.5, 0.6) is 0 Å². The summed E-state index contributed by atoms with van der Waals surface area (Å²) in [6.45, 7) is 0.387. The van der Waals surface area contributed by atoms with E-state index in [1.165, 1.54) is 24.3 Å². The van der Waals surface area contributed by atoms with E-state index in [0.29, 0.717) is 24.2 Å². The lowest BCUT2D eigenvalue weighted by atomic mass is 9.87. The summed E-state index contributed by atoms with van der Waals surface area (Å²) < 4.78 is 23.3. The van der Waals surface area contributed by atoms with Crippen LogP contribution in [0.1, 0.15) is 33.6 Å². The molecule has 1 atom stereocenters. The summed E-state index contributed by atoms with van der Waals surface area (Å²) in [5.41, 5.74) is 1.04. The number of rotatable bonds is 4. The van der Waals surface area contributed by atoms with Crippen LogP contribution in [-0.4, -0.2) is 48.0 Å². The fourth-order valence-corrected chi connectivity index (χ4v) is 3.74. The first kappa shape index (κ1) is 20.7. The normalized spacial score (nSPS) is 20.3. The van der Waals surface area contributed by atoms with Gasteiger partial charge in [-0.05, 0) is 49.9 Å². The zero-order valence-electron chi connectivity index (χ0n) is 16.6. The van der Waals surface area contributed by atoms with E-state index in [-0.39, 0.29) is 17.8 Å². The monoisotopic (exact) mass is 426 g/mol. The van der Waals surface area contributed by atoms with Crippen LogP contribution in [-0.2, 0) is 19.1 Å². The molecule has 160 valence electrons. The smallest absolute Gasteiger partial charge is 0.400 e. The lowest BCUT2D eigenvalue weighted by molar-refractivity contribution is -0.261. The topological polar surface area (TPSA) is 102 Å². The van der Waals surface area contributed by atoms with E-state index in [4.69, 9.17) is 9.47 Å². The molecule has 0 bridgehead atoms. The maximum Gasteiger partial charge on any atom is 0.421 e. The van der Waals surface area contributed by atoms with Crippen molar-refractivity contribution in [2.24, 2.45) is 5.92 Å². The molecular formula is C22H19FN2O6. The van der Waals surface area contributed by atoms with E-state index in [1.807, 2.05) is 0 Å². The number of ketones is 1. The van der Waals surface area contributed by atoms with Gasteiger partial charge in [0.2, 0.25) is 0 Å². The summed E-state index contributed by atoms with van der Waals surface area (Å²) in [5.74, 6) is -5.37. The summed E-state index contributed by atoms with van der Waals surface area (Å²) in [6, 6.07) is 11.5. The Kier molecular flexibility index (Phi) is 5.28. The highest BCUT2D eigenvalue weighted by atomic mass is 19.1. The molecule has 1 spiro atoms. The number of esters is 2. The molecule has 4 rings (SSSR count). The van der Waals surface area contributed by atoms with Gasteiger partial charge in [0.1, 0.15) is 5.82 Å². The molecule has 0 radical (unpaired) electrons. The maximum atomic E-state index is 13.1. The first-order valence-electron chi connectivity index (χ1n) is 9.66. The number of amides is 1. The first-order chi connectivity index (χ1) is 14.8. The highest BCUT2D eigenvalue weighted by molar-refractivity contribution is 6.31. The van der Waals surface area contributed by atoms with E-state index >= 15 is 0 Å². The Labute approximate surface area is 176 Å². The number of nitrogens with one attached hydrogen (secondary N) is 1. The highest BCUT2D eigenvalue weighted by Crippen LogP contribution is 2.38. The Bertz CT molecular complexity index is 1050. The number of Topliss-reactive ketones (excluding diaryl/α,β-unsaturated/α-hetero) is 1. The molecule has 0 aliphatic carbocycles. The molecule has 1 amide bonds. The Morgan fingerprint density at radius 3 is 2.42 bits per heavy atom. The summed E-state index contributed by atoms with van der Waals surface area (Å²) in [7, 11) is 1.65. The number of hydrogen-bond acceptors (Lipinski definition) is 7. The molecule has 1 N–H and O–H groups in total. The van der Waals surface area contributed by atoms with Crippen LogP contribution < -0.4 is 5.32 Å². The van der Waals surface area contributed by atoms with Gasteiger partial charge < -0.3 is 14.8 Å². The number of carbonyl (C=O) groups excluding carboxylic acids is 4. The number of anilines is 1. The third-order valence-electron chi connectivity index (χ3n) is 5.45. The minimum absolute atomic E-state index is 0.0198. The average Bonchev–Trinajstić information content (AvgIpc) is 3.04. The van der Waals surface area contributed by atoms with Crippen molar-refractivity contribution < 1.29 is 33.0 Å². The van der Waals surface area contributed by atoms with Crippen LogP contribution in [0.15, 0.2) is 48.5 Å². The number of carbonyl (C=O) groups is 4. The second kappa shape index (κ2) is 7.92. The fourth-order valence-electron chi connectivity index (χ4n) is 3.74. The second-order valence-corrected chi connectivity index (χ2v) is 7.51. The quantitative estimate of drug-likeness (QED) is 0.455. The van der Waals surface area contributed by atoms with E-state index in [9.17, 15) is 23.6 Å². The highest BCUT2D eigenvalue weighted by Gasteiger charge is 2.55. The number of piperidine rings is 1. The van der Waals surface area contributed by atoms with Crippen molar-refractivity contribution in [2.75, 3.05) is 18.9 Å². The predicted molar refractivity (Wildman–Crippen MR) is 105 cm³/mol. The summed E-state index contributed by atoms with van der Waals surface area (Å²) in [5, 5.41) is 2.68. The van der Waals surface area contributed by atoms with Gasteiger partial charge in [0, 0.05) is 29.3 Å². The fraction of sp³-hybridized carbons (Fsp3) is 0.273. The molecule has 2 saturated heterocycles. The molecule has 31 heavy (non-hydrogen) atoms. The number of hydrogen-bond donors (Lipinski definition) is 1. The Morgan fingerprint density at radius 2 is 1.74 bits per heavy atom. The van der Waals surface area contributed by atoms with Crippen molar-refractivity contribution >= 4 is 29.3 Å². The van der Waals surface area contributed by atoms with Crippen molar-refractivity contribution in [3.63, 3.8) is 0 Å². The second-order valence-electron chi connectivity index (χ2n) is 7.51. The lowest BCUT2D eigenvalue weighted by Crippen LogP contribution is -2.54. The molecule has 2 aromatic carbocycles. The molecule has 2 heterocycles. The van der Waals surface area contributed by atoms with Gasteiger partial charge in [0.15, 0.2) is 5.78 Å². The number of halogens is 1. The van der Waals surface area contributed by atoms with Crippen molar-refractivity contribution in [3.05, 3.63) is 65.5 Å². The van der Waals surface area contributed by atoms with Crippen LogP contribution in [0.25, 0.3) is 0 Å². The van der Waals surface area contributed by atoms with Crippen molar-refractivity contribution in [3.8, 4) is 0 Å². The minimum atomic E-state index is -1.57. The van der Waals surface area contributed by atoms with Gasteiger partial charge in [-0.15, -0.1) is 0 Å². The van der Waals surface area contributed by atoms with Gasteiger partial charge in [-0.25, -0.2) is 18.9 Å². The predicted octanol–water partition coefficient (Wildman–Crippen LogP) is 2.36. The first-order valence-corrected chi connectivity index (χ1v) is 9.66. The van der Waals surface area contributed by atoms with Gasteiger partial charge in [-0.1, -0.05) is 12.1 Å². The molecule has 9 heteroatoms. The largest absolute Gasteiger partial charge is 0.421 e. The zero-order chi connectivity index (χ0) is 22.2. The summed E-state index contributed by atoms with van der Waals surface area (Å²) >= 11 is 0. The van der Waals surface area contributed by atoms with Gasteiger partial charge in [-0.2, -0.15) is 0 Å². The Balaban J connectivity index is 1.49. The van der Waals surface area contributed by atoms with Crippen LogP contribution in [0.2, 0.25) is 0 Å². The van der Waals surface area contributed by atoms with Gasteiger partial charge in [0.05, 0.1) is 6.42 Å². The van der Waals surface area contributed by atoms with Crippen molar-refractivity contribution in [2.45, 2.75) is 18.8 Å². The Hall–Kier alpha value is -3.59. The lowest BCUT2D eigenvalue weighted by Gasteiger charge is -2.40. The van der Waals surface area contributed by atoms with Crippen LogP contribution in [0.4, 0.5) is 10.1 Å². The van der Waals surface area contributed by atoms with E-state index in [0.717, 1.165) is 0 Å². The molecule has 8 nitrogen and oxygen atoms in total. The van der Waals surface area contributed by atoms with Crippen LogP contribution in [0, 0.1) is 11.7 Å². The van der Waals surface area contributed by atoms with E-state index in [1.54, 1.807) is 36.2 Å². The molecule has 1 unspecified atom stereocenters. The number of likely N-dealkylation sites (tertiary alicyclic amines) is 1. The third kappa shape index (κ3) is 4.04. The average molecular weight is 426 g/mol. The molecular weight excluding hydrogens is 407 g/mol. The van der Waals surface area contributed by atoms with Crippen LogP contribution >= 0.6 is 0 Å². The van der Waals surface area contributed by atoms with E-state index < -0.39 is 35.5 Å². The molecule has 0 aromatic heterocycles. The van der Waals surface area contributed by atoms with Crippen LogP contribution in [0.3, 0.4) is 0 Å². The summed E-state index contributed by atoms with van der Waals surface area (Å²) in [6.07, 6.45) is 0.504. The minimum Gasteiger partial charge on any atom is -0.400 e. The number of nitrogens with zero attached hydrogens (tertiary/aromatic N) is 1. The van der Waals surface area contributed by atoms with Crippen molar-refractivity contribution in [1.82, 2.24) is 4.90 Å². The van der Waals surface area contributed by atoms with Gasteiger partial charge >= 0.3 is 17.8 Å². The maximum absolute atomic E-state index is 13.1. The summed E-state index contributed by atoms with van der Waals surface area (Å²) in [4.78, 5) is 50.2. The van der Waals surface area contributed by atoms with Gasteiger partial charge in [-0.3, -0.25) is 9.59 Å². The molecule has 0 saturated carbocycles. The molecule has 2 aromatic rings. The van der Waals surface area contributed by atoms with Gasteiger partial charge in [0.25, 0.3) is 5.91 Å². The number of ether oxygens (including phenoxy) is 2. The zero-order valence-corrected chi connectivity index (χ0v) is 16.6. The third-order valence-corrected chi connectivity index (χ3v) is 5.45. The Morgan fingerprint density at radius 1 is 1.06 bits per heavy atom. The molecule has 2 aliphatic rings. The molecule has 2 aliphatic heterocycles. The molecule has 2 fully saturated rings. The standard InChI is InChI=1S/C22H19FN2O6/c1-25-10-9-15(12-22(25)30-20(28)21(29)31-22)18(26)14-3-2-4-17(11-14)24-19(27)13-5-7-16(23)8-6-13/h2-8,11,15H,9-10,12H2,1H3,(H,24,27). The number of benzene rings is 2. The van der Waals surface area contributed by atoms with Crippen molar-refractivity contribution in [1.29, 1.82) is 0 Å².